The van der Waals surface area contributed by atoms with Crippen LogP contribution in [0.25, 0.3) is 0 Å². The van der Waals surface area contributed by atoms with Crippen molar-refractivity contribution in [3.05, 3.63) is 0 Å². The molecule has 0 aromatic carbocycles. The average Bonchev–Trinajstić information content (AvgIpc) is 1.98. The maximum atomic E-state index is 11.0. The van der Waals surface area contributed by atoms with E-state index in [2.05, 4.69) is 17.6 Å². The number of alkyl carbamates (subject to hydrolysis) is 1. The second-order valence-corrected chi connectivity index (χ2v) is 2.99. The van der Waals surface area contributed by atoms with E-state index < -0.39 is 0 Å². The topological polar surface area (TPSA) is 50.4 Å². The van der Waals surface area contributed by atoms with Crippen LogP contribution in [0.2, 0.25) is 0 Å². The Hall–Kier alpha value is -0.770. The van der Waals surface area contributed by atoms with Gasteiger partial charge < -0.3 is 15.4 Å². The molecule has 1 saturated heterocycles. The number of amides is 1. The van der Waals surface area contributed by atoms with Crippen LogP contribution in [0.4, 0.5) is 4.79 Å². The average molecular weight is 172 g/mol. The molecule has 2 N–H and O–H groups in total. The van der Waals surface area contributed by atoms with Crippen LogP contribution in [0.1, 0.15) is 19.8 Å². The van der Waals surface area contributed by atoms with E-state index in [1.807, 2.05) is 0 Å². The third-order valence-electron chi connectivity index (χ3n) is 1.83. The molecule has 0 saturated carbocycles. The predicted molar refractivity (Wildman–Crippen MR) is 46.0 cm³/mol. The summed E-state index contributed by atoms with van der Waals surface area (Å²) in [4.78, 5) is 11.0. The number of carbonyl (C=O) groups excluding carboxylic acids is 1. The van der Waals surface area contributed by atoms with Gasteiger partial charge in [-0.25, -0.2) is 4.79 Å². The van der Waals surface area contributed by atoms with E-state index in [0.29, 0.717) is 6.61 Å². The zero-order valence-electron chi connectivity index (χ0n) is 7.43. The molecule has 0 bridgehead atoms. The van der Waals surface area contributed by atoms with Gasteiger partial charge >= 0.3 is 6.09 Å². The highest BCUT2D eigenvalue weighted by Gasteiger charge is 2.18. The lowest BCUT2D eigenvalue weighted by Crippen LogP contribution is -2.57. The Labute approximate surface area is 72.7 Å². The molecule has 1 rings (SSSR count). The smallest absolute Gasteiger partial charge is 0.407 e. The minimum Gasteiger partial charge on any atom is -0.450 e. The fraction of sp³-hybridized carbons (Fsp3) is 0.875. The van der Waals surface area contributed by atoms with Crippen LogP contribution in [0.15, 0.2) is 0 Å². The molecule has 0 atom stereocenters. The van der Waals surface area contributed by atoms with Gasteiger partial charge in [0.1, 0.15) is 0 Å². The molecule has 0 aromatic heterocycles. The number of ether oxygens (including phenoxy) is 1. The molecule has 0 spiro atoms. The first-order chi connectivity index (χ1) is 5.83. The van der Waals surface area contributed by atoms with Crippen LogP contribution in [-0.2, 0) is 4.74 Å². The summed E-state index contributed by atoms with van der Waals surface area (Å²) in [6.07, 6.45) is 1.71. The number of carbonyl (C=O) groups is 1. The third kappa shape index (κ3) is 3.09. The number of rotatable bonds is 4. The van der Waals surface area contributed by atoms with Crippen LogP contribution in [0.3, 0.4) is 0 Å². The van der Waals surface area contributed by atoms with Crippen molar-refractivity contribution in [2.45, 2.75) is 25.8 Å². The van der Waals surface area contributed by atoms with Gasteiger partial charge in [0.15, 0.2) is 0 Å². The number of hydrogen-bond donors (Lipinski definition) is 2. The van der Waals surface area contributed by atoms with Gasteiger partial charge in [-0.1, -0.05) is 13.3 Å². The standard InChI is InChI=1S/C8H16N2O2/c1-2-3-4-12-8(11)10-7-5-9-6-7/h7,9H,2-6H2,1H3,(H,10,11). The molecule has 1 amide bonds. The van der Waals surface area contributed by atoms with Crippen LogP contribution in [-0.4, -0.2) is 31.8 Å². The van der Waals surface area contributed by atoms with E-state index in [1.165, 1.54) is 0 Å². The molecule has 0 unspecified atom stereocenters. The Morgan fingerprint density at radius 1 is 1.67 bits per heavy atom. The molecule has 4 heteroatoms. The summed E-state index contributed by atoms with van der Waals surface area (Å²) in [7, 11) is 0. The van der Waals surface area contributed by atoms with Gasteiger partial charge in [0.05, 0.1) is 12.6 Å². The first-order valence-electron chi connectivity index (χ1n) is 4.47. The molecule has 1 aliphatic heterocycles. The number of nitrogens with one attached hydrogen (secondary N) is 2. The molecule has 0 radical (unpaired) electrons. The number of unbranched alkanes of at least 4 members (excludes halogenated alkanes) is 1. The lowest BCUT2D eigenvalue weighted by Gasteiger charge is -2.27. The summed E-state index contributed by atoms with van der Waals surface area (Å²) in [5.41, 5.74) is 0. The van der Waals surface area contributed by atoms with Gasteiger partial charge in [0.2, 0.25) is 0 Å². The van der Waals surface area contributed by atoms with Gasteiger partial charge in [-0.3, -0.25) is 0 Å². The van der Waals surface area contributed by atoms with E-state index >= 15 is 0 Å². The third-order valence-corrected chi connectivity index (χ3v) is 1.83. The van der Waals surface area contributed by atoms with Gasteiger partial charge in [0, 0.05) is 13.1 Å². The first kappa shape index (κ1) is 9.32. The van der Waals surface area contributed by atoms with Crippen LogP contribution >= 0.6 is 0 Å². The minimum absolute atomic E-state index is 0.277. The Bertz CT molecular complexity index is 146. The predicted octanol–water partition coefficient (Wildman–Crippen LogP) is 0.485. The van der Waals surface area contributed by atoms with Crippen molar-refractivity contribution in [3.8, 4) is 0 Å². The van der Waals surface area contributed by atoms with E-state index in [4.69, 9.17) is 4.74 Å². The Morgan fingerprint density at radius 2 is 2.42 bits per heavy atom. The SMILES string of the molecule is CCCCOC(=O)NC1CNC1. The summed E-state index contributed by atoms with van der Waals surface area (Å²) in [6, 6.07) is 0.277. The van der Waals surface area contributed by atoms with Gasteiger partial charge in [-0.2, -0.15) is 0 Å². The quantitative estimate of drug-likeness (QED) is 0.606. The highest BCUT2D eigenvalue weighted by Crippen LogP contribution is 1.93. The van der Waals surface area contributed by atoms with Crippen LogP contribution in [0.5, 0.6) is 0 Å². The van der Waals surface area contributed by atoms with E-state index in [0.717, 1.165) is 25.9 Å². The Morgan fingerprint density at radius 3 is 2.92 bits per heavy atom. The van der Waals surface area contributed by atoms with Crippen molar-refractivity contribution in [1.82, 2.24) is 10.6 Å². The summed E-state index contributed by atoms with van der Waals surface area (Å²) in [6.45, 7) is 4.32. The van der Waals surface area contributed by atoms with Gasteiger partial charge in [-0.15, -0.1) is 0 Å². The van der Waals surface area contributed by atoms with Crippen LogP contribution < -0.4 is 10.6 Å². The van der Waals surface area contributed by atoms with Crippen LogP contribution in [0, 0.1) is 0 Å². The van der Waals surface area contributed by atoms with Crippen molar-refractivity contribution >= 4 is 6.09 Å². The molecule has 0 aromatic rings. The molecule has 1 aliphatic rings. The van der Waals surface area contributed by atoms with Crippen molar-refractivity contribution in [1.29, 1.82) is 0 Å². The summed E-state index contributed by atoms with van der Waals surface area (Å²) < 4.78 is 4.91. The summed E-state index contributed by atoms with van der Waals surface area (Å²) in [5.74, 6) is 0. The molecular weight excluding hydrogens is 156 g/mol. The molecule has 70 valence electrons. The largest absolute Gasteiger partial charge is 0.450 e. The monoisotopic (exact) mass is 172 g/mol. The van der Waals surface area contributed by atoms with Crippen molar-refractivity contribution in [2.24, 2.45) is 0 Å². The highest BCUT2D eigenvalue weighted by molar-refractivity contribution is 5.67. The fourth-order valence-electron chi connectivity index (χ4n) is 0.908. The second kappa shape index (κ2) is 4.98. The Kier molecular flexibility index (Phi) is 3.87. The summed E-state index contributed by atoms with van der Waals surface area (Å²) >= 11 is 0. The maximum absolute atomic E-state index is 11.0. The van der Waals surface area contributed by atoms with E-state index in [9.17, 15) is 4.79 Å². The van der Waals surface area contributed by atoms with Crippen molar-refractivity contribution in [2.75, 3.05) is 19.7 Å². The molecule has 1 fully saturated rings. The first-order valence-corrected chi connectivity index (χ1v) is 4.47. The number of hydrogen-bond acceptors (Lipinski definition) is 3. The van der Waals surface area contributed by atoms with Gasteiger partial charge in [0.25, 0.3) is 0 Å². The zero-order valence-corrected chi connectivity index (χ0v) is 7.43. The van der Waals surface area contributed by atoms with Gasteiger partial charge in [-0.05, 0) is 6.42 Å². The van der Waals surface area contributed by atoms with E-state index in [1.54, 1.807) is 0 Å². The lowest BCUT2D eigenvalue weighted by molar-refractivity contribution is 0.137. The Balaban J connectivity index is 1.95. The maximum Gasteiger partial charge on any atom is 0.407 e. The highest BCUT2D eigenvalue weighted by atomic mass is 16.5. The molecular formula is C8H16N2O2. The second-order valence-electron chi connectivity index (χ2n) is 2.99. The molecule has 0 aliphatic carbocycles. The molecule has 4 nitrogen and oxygen atoms in total. The molecule has 12 heavy (non-hydrogen) atoms. The normalized spacial score (nSPS) is 16.8. The minimum atomic E-state index is -0.282. The summed E-state index contributed by atoms with van der Waals surface area (Å²) in [5, 5.41) is 5.82. The van der Waals surface area contributed by atoms with Crippen molar-refractivity contribution < 1.29 is 9.53 Å². The fourth-order valence-corrected chi connectivity index (χ4v) is 0.908. The zero-order chi connectivity index (χ0) is 8.81. The van der Waals surface area contributed by atoms with Crippen molar-refractivity contribution in [3.63, 3.8) is 0 Å². The molecule has 1 heterocycles. The van der Waals surface area contributed by atoms with E-state index in [-0.39, 0.29) is 12.1 Å². The lowest BCUT2D eigenvalue weighted by atomic mass is 10.2.